The van der Waals surface area contributed by atoms with Gasteiger partial charge in [0.1, 0.15) is 0 Å². The van der Waals surface area contributed by atoms with Gasteiger partial charge in [-0.2, -0.15) is 5.26 Å². The first-order valence-electron chi connectivity index (χ1n) is 7.49. The molecule has 1 amide bonds. The highest BCUT2D eigenvalue weighted by Gasteiger charge is 2.35. The van der Waals surface area contributed by atoms with Gasteiger partial charge in [0.05, 0.1) is 11.6 Å². The third kappa shape index (κ3) is 3.71. The summed E-state index contributed by atoms with van der Waals surface area (Å²) >= 11 is 3.00. The number of thioether (sulfide) groups is 1. The van der Waals surface area contributed by atoms with Crippen LogP contribution in [0, 0.1) is 11.3 Å². The summed E-state index contributed by atoms with van der Waals surface area (Å²) in [7, 11) is 0. The van der Waals surface area contributed by atoms with Gasteiger partial charge in [-0.1, -0.05) is 48.2 Å². The van der Waals surface area contributed by atoms with Crippen LogP contribution in [0.3, 0.4) is 0 Å². The predicted molar refractivity (Wildman–Crippen MR) is 91.4 cm³/mol. The Kier molecular flexibility index (Phi) is 4.94. The van der Waals surface area contributed by atoms with Gasteiger partial charge in [0.25, 0.3) is 0 Å². The Labute approximate surface area is 143 Å². The van der Waals surface area contributed by atoms with Gasteiger partial charge in [0, 0.05) is 18.2 Å². The van der Waals surface area contributed by atoms with E-state index in [-0.39, 0.29) is 5.91 Å². The highest BCUT2D eigenvalue weighted by molar-refractivity contribution is 8.00. The number of anilines is 1. The number of amides is 1. The average molecular weight is 344 g/mol. The van der Waals surface area contributed by atoms with E-state index in [4.69, 9.17) is 5.26 Å². The Morgan fingerprint density at radius 2 is 2.22 bits per heavy atom. The van der Waals surface area contributed by atoms with Gasteiger partial charge in [0.2, 0.25) is 11.0 Å². The fourth-order valence-electron chi connectivity index (χ4n) is 2.22. The summed E-state index contributed by atoms with van der Waals surface area (Å²) in [6.07, 6.45) is 2.57. The first-order chi connectivity index (χ1) is 11.2. The van der Waals surface area contributed by atoms with Crippen molar-refractivity contribution in [3.63, 3.8) is 0 Å². The molecule has 2 aromatic rings. The Balaban J connectivity index is 1.70. The molecule has 118 valence electrons. The van der Waals surface area contributed by atoms with E-state index >= 15 is 0 Å². The summed E-state index contributed by atoms with van der Waals surface area (Å²) in [5.41, 5.74) is 1.67. The lowest BCUT2D eigenvalue weighted by Gasteiger charge is -2.17. The Morgan fingerprint density at radius 3 is 2.91 bits per heavy atom. The fourth-order valence-corrected chi connectivity index (χ4v) is 4.16. The molecule has 0 aliphatic heterocycles. The van der Waals surface area contributed by atoms with Crippen molar-refractivity contribution in [3.8, 4) is 6.07 Å². The maximum absolute atomic E-state index is 12.1. The van der Waals surface area contributed by atoms with Crippen molar-refractivity contribution in [2.75, 3.05) is 4.90 Å². The standard InChI is InChI=1S/C16H16N4OS2/c1-2-14(21)20(13-7-8-13)15-18-19-16(23-15)22-10-12-6-4-3-5-11(12)9-17/h3-6,13H,2,7-8,10H2,1H3. The number of aromatic nitrogens is 2. The molecule has 1 heterocycles. The van der Waals surface area contributed by atoms with Crippen LogP contribution in [-0.4, -0.2) is 22.1 Å². The van der Waals surface area contributed by atoms with E-state index in [9.17, 15) is 4.79 Å². The topological polar surface area (TPSA) is 69.9 Å². The zero-order valence-electron chi connectivity index (χ0n) is 12.7. The Hall–Kier alpha value is -1.91. The van der Waals surface area contributed by atoms with E-state index in [1.54, 1.807) is 16.7 Å². The first kappa shape index (κ1) is 16.0. The smallest absolute Gasteiger partial charge is 0.228 e. The molecule has 0 atom stereocenters. The second kappa shape index (κ2) is 7.11. The lowest BCUT2D eigenvalue weighted by Crippen LogP contribution is -2.32. The molecule has 3 rings (SSSR count). The molecule has 0 saturated heterocycles. The predicted octanol–water partition coefficient (Wildman–Crippen LogP) is 3.61. The van der Waals surface area contributed by atoms with E-state index in [1.807, 2.05) is 31.2 Å². The van der Waals surface area contributed by atoms with Gasteiger partial charge in [0.15, 0.2) is 4.34 Å². The third-order valence-electron chi connectivity index (χ3n) is 3.57. The summed E-state index contributed by atoms with van der Waals surface area (Å²) in [6, 6.07) is 10.1. The highest BCUT2D eigenvalue weighted by Crippen LogP contribution is 2.37. The van der Waals surface area contributed by atoms with Crippen LogP contribution in [-0.2, 0) is 10.5 Å². The molecule has 1 saturated carbocycles. The van der Waals surface area contributed by atoms with Crippen LogP contribution >= 0.6 is 23.1 Å². The van der Waals surface area contributed by atoms with Gasteiger partial charge in [-0.15, -0.1) is 10.2 Å². The number of carbonyl (C=O) groups is 1. The van der Waals surface area contributed by atoms with Crippen molar-refractivity contribution in [3.05, 3.63) is 35.4 Å². The molecule has 1 aliphatic carbocycles. The van der Waals surface area contributed by atoms with Crippen LogP contribution in [0.4, 0.5) is 5.13 Å². The molecule has 0 radical (unpaired) electrons. The number of benzene rings is 1. The minimum atomic E-state index is 0.107. The van der Waals surface area contributed by atoms with Gasteiger partial charge < -0.3 is 0 Å². The van der Waals surface area contributed by atoms with Gasteiger partial charge in [-0.05, 0) is 24.5 Å². The molecule has 0 N–H and O–H groups in total. The van der Waals surface area contributed by atoms with E-state index in [2.05, 4.69) is 16.3 Å². The molecule has 1 aliphatic rings. The zero-order valence-corrected chi connectivity index (χ0v) is 14.4. The largest absolute Gasteiger partial charge is 0.284 e. The van der Waals surface area contributed by atoms with E-state index < -0.39 is 0 Å². The maximum atomic E-state index is 12.1. The van der Waals surface area contributed by atoms with Crippen molar-refractivity contribution in [1.82, 2.24) is 10.2 Å². The summed E-state index contributed by atoms with van der Waals surface area (Å²) < 4.78 is 0.822. The summed E-state index contributed by atoms with van der Waals surface area (Å²) in [5, 5.41) is 18.2. The molecule has 1 aromatic carbocycles. The van der Waals surface area contributed by atoms with Crippen LogP contribution in [0.5, 0.6) is 0 Å². The van der Waals surface area contributed by atoms with Gasteiger partial charge in [-0.3, -0.25) is 9.69 Å². The minimum absolute atomic E-state index is 0.107. The molecule has 5 nitrogen and oxygen atoms in total. The molecular weight excluding hydrogens is 328 g/mol. The lowest BCUT2D eigenvalue weighted by molar-refractivity contribution is -0.118. The quantitative estimate of drug-likeness (QED) is 0.591. The second-order valence-corrected chi connectivity index (χ2v) is 7.44. The first-order valence-corrected chi connectivity index (χ1v) is 9.29. The van der Waals surface area contributed by atoms with Crippen LogP contribution in [0.15, 0.2) is 28.6 Å². The number of nitrogens with zero attached hydrogens (tertiary/aromatic N) is 4. The molecule has 7 heteroatoms. The number of rotatable bonds is 6. The summed E-state index contributed by atoms with van der Waals surface area (Å²) in [5.74, 6) is 0.777. The van der Waals surface area contributed by atoms with E-state index in [0.29, 0.717) is 28.9 Å². The Bertz CT molecular complexity index is 749. The van der Waals surface area contributed by atoms with Crippen molar-refractivity contribution in [1.29, 1.82) is 5.26 Å². The Morgan fingerprint density at radius 1 is 1.43 bits per heavy atom. The lowest BCUT2D eigenvalue weighted by atomic mass is 10.1. The summed E-state index contributed by atoms with van der Waals surface area (Å²) in [4.78, 5) is 13.9. The van der Waals surface area contributed by atoms with Crippen molar-refractivity contribution in [2.24, 2.45) is 0 Å². The molecule has 0 bridgehead atoms. The fraction of sp³-hybridized carbons (Fsp3) is 0.375. The molecule has 0 unspecified atom stereocenters. The van der Waals surface area contributed by atoms with Crippen LogP contribution in [0.2, 0.25) is 0 Å². The van der Waals surface area contributed by atoms with Crippen molar-refractivity contribution in [2.45, 2.75) is 42.3 Å². The van der Waals surface area contributed by atoms with E-state index in [0.717, 1.165) is 22.7 Å². The molecular formula is C16H16N4OS2. The number of carbonyl (C=O) groups excluding carboxylic acids is 1. The van der Waals surface area contributed by atoms with Crippen molar-refractivity contribution >= 4 is 34.1 Å². The van der Waals surface area contributed by atoms with Crippen LogP contribution in [0.1, 0.15) is 37.3 Å². The molecule has 0 spiro atoms. The zero-order chi connectivity index (χ0) is 16.2. The molecule has 1 aromatic heterocycles. The van der Waals surface area contributed by atoms with E-state index in [1.165, 1.54) is 11.3 Å². The second-order valence-electron chi connectivity index (χ2n) is 5.26. The normalized spacial score (nSPS) is 13.6. The molecule has 1 fully saturated rings. The highest BCUT2D eigenvalue weighted by atomic mass is 32.2. The number of hydrogen-bond acceptors (Lipinski definition) is 6. The maximum Gasteiger partial charge on any atom is 0.228 e. The van der Waals surface area contributed by atoms with Crippen molar-refractivity contribution < 1.29 is 4.79 Å². The minimum Gasteiger partial charge on any atom is -0.284 e. The SMILES string of the molecule is CCC(=O)N(c1nnc(SCc2ccccc2C#N)s1)C1CC1. The van der Waals surface area contributed by atoms with Gasteiger partial charge in [-0.25, -0.2) is 0 Å². The van der Waals surface area contributed by atoms with Crippen LogP contribution < -0.4 is 4.90 Å². The number of hydrogen-bond donors (Lipinski definition) is 0. The molecule has 23 heavy (non-hydrogen) atoms. The van der Waals surface area contributed by atoms with Crippen LogP contribution in [0.25, 0.3) is 0 Å². The average Bonchev–Trinajstić information content (AvgIpc) is 3.31. The van der Waals surface area contributed by atoms with Gasteiger partial charge >= 0.3 is 0 Å². The third-order valence-corrected chi connectivity index (χ3v) is 5.68. The summed E-state index contributed by atoms with van der Waals surface area (Å²) in [6.45, 7) is 1.87. The number of nitriles is 1. The monoisotopic (exact) mass is 344 g/mol.